The van der Waals surface area contributed by atoms with Gasteiger partial charge in [0.25, 0.3) is 0 Å². The number of carbonyl (C=O) groups excluding carboxylic acids is 1. The lowest BCUT2D eigenvalue weighted by Gasteiger charge is -2.29. The lowest BCUT2D eigenvalue weighted by Crippen LogP contribution is -2.45. The molecule has 1 amide bonds. The Labute approximate surface area is 117 Å². The SMILES string of the molecule is O=C1CCN(C(=O)O)CC1Sc1cccc(Br)c1. The molecule has 1 unspecified atom stereocenters. The predicted molar refractivity (Wildman–Crippen MR) is 73.0 cm³/mol. The Balaban J connectivity index is 2.07. The maximum absolute atomic E-state index is 11.8. The van der Waals surface area contributed by atoms with Gasteiger partial charge in [0.15, 0.2) is 0 Å². The van der Waals surface area contributed by atoms with Crippen LogP contribution >= 0.6 is 27.7 Å². The number of amides is 1. The van der Waals surface area contributed by atoms with Crippen LogP contribution in [-0.2, 0) is 4.79 Å². The standard InChI is InChI=1S/C12H12BrNO3S/c13-8-2-1-3-9(6-8)18-11-7-14(12(16)17)5-4-10(11)15/h1-3,6,11H,4-5,7H2,(H,16,17). The van der Waals surface area contributed by atoms with Crippen LogP contribution in [0.1, 0.15) is 6.42 Å². The van der Waals surface area contributed by atoms with Crippen molar-refractivity contribution in [2.45, 2.75) is 16.6 Å². The minimum Gasteiger partial charge on any atom is -0.465 e. The van der Waals surface area contributed by atoms with Gasteiger partial charge in [-0.15, -0.1) is 11.8 Å². The van der Waals surface area contributed by atoms with Crippen LogP contribution in [0.4, 0.5) is 4.79 Å². The van der Waals surface area contributed by atoms with Crippen LogP contribution in [-0.4, -0.2) is 40.2 Å². The van der Waals surface area contributed by atoms with E-state index in [2.05, 4.69) is 15.9 Å². The number of thioether (sulfide) groups is 1. The number of likely N-dealkylation sites (tertiary alicyclic amines) is 1. The molecule has 6 heteroatoms. The average Bonchev–Trinajstić information content (AvgIpc) is 2.31. The van der Waals surface area contributed by atoms with Gasteiger partial charge in [-0.25, -0.2) is 4.79 Å². The summed E-state index contributed by atoms with van der Waals surface area (Å²) in [6, 6.07) is 7.66. The smallest absolute Gasteiger partial charge is 0.407 e. The van der Waals surface area contributed by atoms with E-state index in [4.69, 9.17) is 5.11 Å². The van der Waals surface area contributed by atoms with E-state index >= 15 is 0 Å². The summed E-state index contributed by atoms with van der Waals surface area (Å²) in [5.41, 5.74) is 0. The second-order valence-corrected chi connectivity index (χ2v) is 6.20. The highest BCUT2D eigenvalue weighted by molar-refractivity contribution is 9.10. The number of Topliss-reactive ketones (excluding diaryl/α,β-unsaturated/α-hetero) is 1. The van der Waals surface area contributed by atoms with Gasteiger partial charge in [-0.05, 0) is 18.2 Å². The second kappa shape index (κ2) is 5.75. The van der Waals surface area contributed by atoms with Gasteiger partial charge in [0, 0.05) is 28.9 Å². The van der Waals surface area contributed by atoms with Crippen molar-refractivity contribution in [3.05, 3.63) is 28.7 Å². The summed E-state index contributed by atoms with van der Waals surface area (Å²) in [6.07, 6.45) is -0.653. The van der Waals surface area contributed by atoms with Gasteiger partial charge < -0.3 is 10.0 Å². The summed E-state index contributed by atoms with van der Waals surface area (Å²) < 4.78 is 0.950. The minimum absolute atomic E-state index is 0.123. The van der Waals surface area contributed by atoms with Crippen LogP contribution in [0.2, 0.25) is 0 Å². The van der Waals surface area contributed by atoms with Gasteiger partial charge in [0.1, 0.15) is 5.78 Å². The first kappa shape index (κ1) is 13.4. The third-order valence-corrected chi connectivity index (χ3v) is 4.43. The first-order chi connectivity index (χ1) is 8.56. The molecular formula is C12H12BrNO3S. The monoisotopic (exact) mass is 329 g/mol. The Hall–Kier alpha value is -1.01. The van der Waals surface area contributed by atoms with Crippen molar-refractivity contribution < 1.29 is 14.7 Å². The number of hydrogen-bond donors (Lipinski definition) is 1. The summed E-state index contributed by atoms with van der Waals surface area (Å²) in [7, 11) is 0. The first-order valence-electron chi connectivity index (χ1n) is 5.49. The predicted octanol–water partition coefficient (Wildman–Crippen LogP) is 2.86. The third kappa shape index (κ3) is 3.26. The normalized spacial score (nSPS) is 19.9. The molecule has 1 heterocycles. The number of nitrogens with zero attached hydrogens (tertiary/aromatic N) is 1. The largest absolute Gasteiger partial charge is 0.465 e. The molecule has 4 nitrogen and oxygen atoms in total. The topological polar surface area (TPSA) is 57.6 Å². The molecule has 0 aromatic heterocycles. The lowest BCUT2D eigenvalue weighted by molar-refractivity contribution is -0.120. The molecule has 1 aliphatic rings. The number of rotatable bonds is 2. The van der Waals surface area contributed by atoms with Crippen molar-refractivity contribution in [1.82, 2.24) is 4.90 Å². The molecule has 1 saturated heterocycles. The second-order valence-electron chi connectivity index (χ2n) is 4.01. The number of carboxylic acid groups (broad SMARTS) is 1. The molecule has 0 radical (unpaired) electrons. The quantitative estimate of drug-likeness (QED) is 0.906. The summed E-state index contributed by atoms with van der Waals surface area (Å²) in [5, 5.41) is 8.65. The van der Waals surface area contributed by atoms with Crippen LogP contribution in [0.3, 0.4) is 0 Å². The van der Waals surface area contributed by atoms with Gasteiger partial charge >= 0.3 is 6.09 Å². The highest BCUT2D eigenvalue weighted by Gasteiger charge is 2.30. The molecule has 96 valence electrons. The van der Waals surface area contributed by atoms with Crippen LogP contribution in [0.15, 0.2) is 33.6 Å². The first-order valence-corrected chi connectivity index (χ1v) is 7.16. The Morgan fingerprint density at radius 2 is 2.28 bits per heavy atom. The molecule has 1 N–H and O–H groups in total. The molecule has 0 bridgehead atoms. The maximum atomic E-state index is 11.8. The van der Waals surface area contributed by atoms with E-state index in [0.29, 0.717) is 13.0 Å². The highest BCUT2D eigenvalue weighted by Crippen LogP contribution is 2.29. The molecule has 1 fully saturated rings. The molecule has 1 aliphatic heterocycles. The van der Waals surface area contributed by atoms with Gasteiger partial charge in [0.05, 0.1) is 5.25 Å². The zero-order valence-electron chi connectivity index (χ0n) is 9.51. The fourth-order valence-corrected chi connectivity index (χ4v) is 3.52. The molecule has 0 spiro atoms. The van der Waals surface area contributed by atoms with E-state index < -0.39 is 6.09 Å². The zero-order chi connectivity index (χ0) is 13.1. The lowest BCUT2D eigenvalue weighted by atomic mass is 10.1. The molecule has 2 rings (SSSR count). The van der Waals surface area contributed by atoms with E-state index in [9.17, 15) is 9.59 Å². The summed E-state index contributed by atoms with van der Waals surface area (Å²) >= 11 is 4.80. The van der Waals surface area contributed by atoms with Crippen molar-refractivity contribution in [3.8, 4) is 0 Å². The van der Waals surface area contributed by atoms with Crippen molar-refractivity contribution in [3.63, 3.8) is 0 Å². The Bertz CT molecular complexity index is 480. The average molecular weight is 330 g/mol. The third-order valence-electron chi connectivity index (χ3n) is 2.72. The van der Waals surface area contributed by atoms with Crippen LogP contribution in [0, 0.1) is 0 Å². The minimum atomic E-state index is -0.956. The fourth-order valence-electron chi connectivity index (χ4n) is 1.78. The van der Waals surface area contributed by atoms with Crippen molar-refractivity contribution in [2.24, 2.45) is 0 Å². The summed E-state index contributed by atoms with van der Waals surface area (Å²) in [5.74, 6) is 0.123. The van der Waals surface area contributed by atoms with E-state index in [0.717, 1.165) is 9.37 Å². The van der Waals surface area contributed by atoms with Crippen LogP contribution in [0.25, 0.3) is 0 Å². The summed E-state index contributed by atoms with van der Waals surface area (Å²) in [4.78, 5) is 25.0. The Kier molecular flexibility index (Phi) is 4.29. The maximum Gasteiger partial charge on any atom is 0.407 e. The van der Waals surface area contributed by atoms with Gasteiger partial charge in [-0.2, -0.15) is 0 Å². The van der Waals surface area contributed by atoms with Crippen molar-refractivity contribution >= 4 is 39.6 Å². The summed E-state index contributed by atoms with van der Waals surface area (Å²) in [6.45, 7) is 0.578. The van der Waals surface area contributed by atoms with E-state index in [-0.39, 0.29) is 17.6 Å². The van der Waals surface area contributed by atoms with Crippen molar-refractivity contribution in [1.29, 1.82) is 0 Å². The van der Waals surface area contributed by atoms with E-state index in [1.807, 2.05) is 24.3 Å². The molecule has 1 aromatic rings. The number of piperidine rings is 1. The number of halogens is 1. The van der Waals surface area contributed by atoms with Crippen LogP contribution < -0.4 is 0 Å². The molecule has 0 aliphatic carbocycles. The molecule has 1 aromatic carbocycles. The van der Waals surface area contributed by atoms with Gasteiger partial charge in [0.2, 0.25) is 0 Å². The fraction of sp³-hybridized carbons (Fsp3) is 0.333. The van der Waals surface area contributed by atoms with Crippen LogP contribution in [0.5, 0.6) is 0 Å². The number of benzene rings is 1. The Morgan fingerprint density at radius 3 is 2.94 bits per heavy atom. The molecule has 0 saturated carbocycles. The van der Waals surface area contributed by atoms with Crippen molar-refractivity contribution in [2.75, 3.05) is 13.1 Å². The van der Waals surface area contributed by atoms with Gasteiger partial charge in [-0.3, -0.25) is 4.79 Å². The molecular weight excluding hydrogens is 318 g/mol. The highest BCUT2D eigenvalue weighted by atomic mass is 79.9. The Morgan fingerprint density at radius 1 is 1.50 bits per heavy atom. The zero-order valence-corrected chi connectivity index (χ0v) is 11.9. The number of ketones is 1. The number of hydrogen-bond acceptors (Lipinski definition) is 3. The van der Waals surface area contributed by atoms with Gasteiger partial charge in [-0.1, -0.05) is 22.0 Å². The number of carbonyl (C=O) groups is 2. The molecule has 18 heavy (non-hydrogen) atoms. The van der Waals surface area contributed by atoms with E-state index in [1.165, 1.54) is 16.7 Å². The molecule has 1 atom stereocenters. The van der Waals surface area contributed by atoms with E-state index in [1.54, 1.807) is 0 Å².